The van der Waals surface area contributed by atoms with Gasteiger partial charge in [0, 0.05) is 19.0 Å². The van der Waals surface area contributed by atoms with Gasteiger partial charge in [0.15, 0.2) is 0 Å². The largest absolute Gasteiger partial charge is 0.424 e. The number of hydrogen-bond acceptors (Lipinski definition) is 7. The van der Waals surface area contributed by atoms with Crippen LogP contribution in [-0.2, 0) is 17.9 Å². The first kappa shape index (κ1) is 13.8. The summed E-state index contributed by atoms with van der Waals surface area (Å²) in [5, 5.41) is 16.4. The fourth-order valence-corrected chi connectivity index (χ4v) is 3.15. The minimum absolute atomic E-state index is 0.149. The first-order valence-electron chi connectivity index (χ1n) is 7.76. The van der Waals surface area contributed by atoms with E-state index in [4.69, 9.17) is 9.15 Å². The average molecular weight is 304 g/mol. The fourth-order valence-electron chi connectivity index (χ4n) is 3.15. The Bertz CT molecular complexity index is 651. The van der Waals surface area contributed by atoms with Gasteiger partial charge in [-0.05, 0) is 6.42 Å². The highest BCUT2D eigenvalue weighted by Crippen LogP contribution is 2.30. The second-order valence-electron chi connectivity index (χ2n) is 6.30. The molecule has 1 fully saturated rings. The monoisotopic (exact) mass is 304 g/mol. The number of ether oxygens (including phenoxy) is 1. The minimum atomic E-state index is 0.149. The van der Waals surface area contributed by atoms with Gasteiger partial charge in [-0.3, -0.25) is 4.90 Å². The van der Waals surface area contributed by atoms with Crippen molar-refractivity contribution < 1.29 is 9.15 Å². The molecule has 8 heteroatoms. The molecule has 2 aliphatic heterocycles. The summed E-state index contributed by atoms with van der Waals surface area (Å²) in [5.74, 6) is 1.64. The van der Waals surface area contributed by atoms with Crippen LogP contribution in [0.25, 0.3) is 0 Å². The Morgan fingerprint density at radius 1 is 1.36 bits per heavy atom. The molecule has 4 heterocycles. The number of likely N-dealkylation sites (tertiary alicyclic amines) is 1. The number of fused-ring (bicyclic) bond motifs is 3. The van der Waals surface area contributed by atoms with E-state index in [1.54, 1.807) is 6.20 Å². The van der Waals surface area contributed by atoms with Crippen LogP contribution in [0.1, 0.15) is 49.7 Å². The average Bonchev–Trinajstić information content (AvgIpc) is 3.15. The highest BCUT2D eigenvalue weighted by molar-refractivity contribution is 5.01. The van der Waals surface area contributed by atoms with Gasteiger partial charge in [0.2, 0.25) is 11.8 Å². The van der Waals surface area contributed by atoms with Gasteiger partial charge in [-0.15, -0.1) is 15.3 Å². The number of rotatable bonds is 3. The van der Waals surface area contributed by atoms with Gasteiger partial charge in [-0.2, -0.15) is 0 Å². The van der Waals surface area contributed by atoms with E-state index < -0.39 is 0 Å². The zero-order valence-corrected chi connectivity index (χ0v) is 12.8. The molecule has 0 unspecified atom stereocenters. The predicted molar refractivity (Wildman–Crippen MR) is 75.9 cm³/mol. The number of aromatic nitrogens is 5. The van der Waals surface area contributed by atoms with Gasteiger partial charge in [0.25, 0.3) is 0 Å². The summed E-state index contributed by atoms with van der Waals surface area (Å²) in [5.41, 5.74) is 1.06. The molecule has 0 amide bonds. The summed E-state index contributed by atoms with van der Waals surface area (Å²) >= 11 is 0. The van der Waals surface area contributed by atoms with Gasteiger partial charge >= 0.3 is 0 Å². The maximum absolute atomic E-state index is 5.97. The molecule has 0 N–H and O–H groups in total. The summed E-state index contributed by atoms with van der Waals surface area (Å²) in [6.45, 7) is 7.17. The summed E-state index contributed by atoms with van der Waals surface area (Å²) < 4.78 is 13.7. The molecule has 1 saturated heterocycles. The van der Waals surface area contributed by atoms with E-state index in [1.165, 1.54) is 0 Å². The molecule has 0 bridgehead atoms. The van der Waals surface area contributed by atoms with Crippen LogP contribution in [0.4, 0.5) is 0 Å². The zero-order valence-electron chi connectivity index (χ0n) is 12.8. The van der Waals surface area contributed by atoms with Crippen LogP contribution in [-0.4, -0.2) is 49.3 Å². The fraction of sp³-hybridized carbons (Fsp3) is 0.714. The Hall–Kier alpha value is -1.80. The van der Waals surface area contributed by atoms with Crippen LogP contribution in [0.15, 0.2) is 10.6 Å². The highest BCUT2D eigenvalue weighted by atomic mass is 16.5. The first-order chi connectivity index (χ1) is 10.7. The summed E-state index contributed by atoms with van der Waals surface area (Å²) in [7, 11) is 0. The Balaban J connectivity index is 1.42. The van der Waals surface area contributed by atoms with Gasteiger partial charge in [-0.25, -0.2) is 4.68 Å². The molecule has 0 radical (unpaired) electrons. The lowest BCUT2D eigenvalue weighted by Crippen LogP contribution is -2.48. The molecular weight excluding hydrogens is 284 g/mol. The molecule has 2 aliphatic rings. The van der Waals surface area contributed by atoms with E-state index in [1.807, 2.05) is 18.5 Å². The molecule has 8 nitrogen and oxygen atoms in total. The van der Waals surface area contributed by atoms with Crippen molar-refractivity contribution in [2.75, 3.05) is 13.1 Å². The number of piperidine rings is 1. The van der Waals surface area contributed by atoms with Gasteiger partial charge in [0.1, 0.15) is 0 Å². The third-order valence-corrected chi connectivity index (χ3v) is 4.35. The lowest BCUT2D eigenvalue weighted by molar-refractivity contribution is -0.0716. The van der Waals surface area contributed by atoms with Crippen molar-refractivity contribution in [3.63, 3.8) is 0 Å². The molecule has 4 rings (SSSR count). The molecule has 118 valence electrons. The lowest BCUT2D eigenvalue weighted by atomic mass is 10.0. The van der Waals surface area contributed by atoms with Crippen LogP contribution < -0.4 is 0 Å². The first-order valence-corrected chi connectivity index (χ1v) is 7.76. The maximum atomic E-state index is 5.97. The number of nitrogens with zero attached hydrogens (tertiary/aromatic N) is 6. The Kier molecular flexibility index (Phi) is 3.42. The summed E-state index contributed by atoms with van der Waals surface area (Å²) in [6.07, 6.45) is 2.93. The van der Waals surface area contributed by atoms with E-state index in [0.717, 1.165) is 25.2 Å². The molecule has 0 spiro atoms. The van der Waals surface area contributed by atoms with Crippen molar-refractivity contribution in [1.29, 1.82) is 0 Å². The van der Waals surface area contributed by atoms with Crippen molar-refractivity contribution in [1.82, 2.24) is 30.1 Å². The molecule has 0 aromatic carbocycles. The molecular formula is C14H20N6O2. The van der Waals surface area contributed by atoms with Crippen LogP contribution in [0.3, 0.4) is 0 Å². The lowest BCUT2D eigenvalue weighted by Gasteiger charge is -2.40. The quantitative estimate of drug-likeness (QED) is 0.840. The van der Waals surface area contributed by atoms with Crippen LogP contribution in [0.5, 0.6) is 0 Å². The normalized spacial score (nSPS) is 25.2. The molecule has 2 atom stereocenters. The van der Waals surface area contributed by atoms with E-state index in [9.17, 15) is 0 Å². The molecule has 2 aromatic rings. The van der Waals surface area contributed by atoms with E-state index in [2.05, 4.69) is 25.4 Å². The van der Waals surface area contributed by atoms with Crippen LogP contribution >= 0.6 is 0 Å². The molecule has 2 aromatic heterocycles. The predicted octanol–water partition coefficient (Wildman–Crippen LogP) is 1.13. The smallest absolute Gasteiger partial charge is 0.230 e. The molecule has 22 heavy (non-hydrogen) atoms. The Morgan fingerprint density at radius 3 is 3.09 bits per heavy atom. The summed E-state index contributed by atoms with van der Waals surface area (Å²) in [6, 6.07) is 0.288. The Morgan fingerprint density at radius 2 is 2.27 bits per heavy atom. The van der Waals surface area contributed by atoms with E-state index in [0.29, 0.717) is 24.9 Å². The minimum Gasteiger partial charge on any atom is -0.424 e. The van der Waals surface area contributed by atoms with Gasteiger partial charge in [0.05, 0.1) is 37.2 Å². The van der Waals surface area contributed by atoms with Crippen molar-refractivity contribution in [3.05, 3.63) is 23.7 Å². The van der Waals surface area contributed by atoms with Gasteiger partial charge in [-0.1, -0.05) is 19.1 Å². The zero-order chi connectivity index (χ0) is 15.1. The third-order valence-electron chi connectivity index (χ3n) is 4.35. The van der Waals surface area contributed by atoms with Crippen molar-refractivity contribution in [2.45, 2.75) is 51.5 Å². The van der Waals surface area contributed by atoms with E-state index in [-0.39, 0.29) is 18.1 Å². The van der Waals surface area contributed by atoms with E-state index >= 15 is 0 Å². The topological polar surface area (TPSA) is 82.1 Å². The standard InChI is InChI=1S/C14H20N6O2/c1-9(2)14-17-16-13(22-14)7-19-4-3-11-12(6-19)21-8-10-5-15-18-20(10)11/h5,9,11-12H,3-4,6-8H2,1-2H3/t11-,12-/m0/s1. The third kappa shape index (κ3) is 2.42. The Labute approximate surface area is 128 Å². The molecule has 0 saturated carbocycles. The van der Waals surface area contributed by atoms with Crippen molar-refractivity contribution in [3.8, 4) is 0 Å². The highest BCUT2D eigenvalue weighted by Gasteiger charge is 2.36. The second-order valence-corrected chi connectivity index (χ2v) is 6.30. The van der Waals surface area contributed by atoms with Crippen molar-refractivity contribution >= 4 is 0 Å². The van der Waals surface area contributed by atoms with Gasteiger partial charge < -0.3 is 9.15 Å². The van der Waals surface area contributed by atoms with Crippen LogP contribution in [0, 0.1) is 0 Å². The van der Waals surface area contributed by atoms with Crippen LogP contribution in [0.2, 0.25) is 0 Å². The maximum Gasteiger partial charge on any atom is 0.230 e. The SMILES string of the molecule is CC(C)c1nnc(CN2CC[C@H]3[C@H](C2)OCc2cnnn23)o1. The number of hydrogen-bond donors (Lipinski definition) is 0. The molecule has 0 aliphatic carbocycles. The second kappa shape index (κ2) is 5.44. The van der Waals surface area contributed by atoms with Crippen molar-refractivity contribution in [2.24, 2.45) is 0 Å². The summed E-state index contributed by atoms with van der Waals surface area (Å²) in [4.78, 5) is 2.31.